The van der Waals surface area contributed by atoms with Crippen LogP contribution in [0.1, 0.15) is 24.2 Å². The standard InChI is InChI=1S/C17H22N2O2/c1-13(18)17(15-7-10-19-11-8-15)21-16-5-3-14(4-6-16)9-12-20-2/h3-8,10-11,13,17H,9,12,18H2,1-2H3. The van der Waals surface area contributed by atoms with E-state index in [9.17, 15) is 0 Å². The van der Waals surface area contributed by atoms with Gasteiger partial charge in [0.05, 0.1) is 6.61 Å². The van der Waals surface area contributed by atoms with Crippen LogP contribution < -0.4 is 10.5 Å². The lowest BCUT2D eigenvalue weighted by atomic mass is 10.1. The second kappa shape index (κ2) is 7.76. The van der Waals surface area contributed by atoms with Gasteiger partial charge in [-0.3, -0.25) is 4.98 Å². The fourth-order valence-electron chi connectivity index (χ4n) is 2.13. The molecule has 2 rings (SSSR count). The fraction of sp³-hybridized carbons (Fsp3) is 0.353. The van der Waals surface area contributed by atoms with Gasteiger partial charge in [0, 0.05) is 25.5 Å². The summed E-state index contributed by atoms with van der Waals surface area (Å²) in [5.41, 5.74) is 8.31. The number of hydrogen-bond acceptors (Lipinski definition) is 4. The monoisotopic (exact) mass is 286 g/mol. The lowest BCUT2D eigenvalue weighted by molar-refractivity contribution is 0.180. The zero-order valence-corrected chi connectivity index (χ0v) is 12.5. The maximum absolute atomic E-state index is 6.05. The maximum atomic E-state index is 6.05. The average Bonchev–Trinajstić information content (AvgIpc) is 2.52. The molecule has 2 atom stereocenters. The van der Waals surface area contributed by atoms with Crippen LogP contribution in [0.4, 0.5) is 0 Å². The Morgan fingerprint density at radius 3 is 2.33 bits per heavy atom. The highest BCUT2D eigenvalue weighted by molar-refractivity contribution is 5.29. The van der Waals surface area contributed by atoms with E-state index in [4.69, 9.17) is 15.2 Å². The fourth-order valence-corrected chi connectivity index (χ4v) is 2.13. The average molecular weight is 286 g/mol. The molecular formula is C17H22N2O2. The van der Waals surface area contributed by atoms with Crippen molar-refractivity contribution in [3.8, 4) is 5.75 Å². The summed E-state index contributed by atoms with van der Waals surface area (Å²) < 4.78 is 11.1. The molecular weight excluding hydrogens is 264 g/mol. The molecule has 2 unspecified atom stereocenters. The molecule has 0 saturated carbocycles. The molecule has 1 aromatic carbocycles. The Bertz CT molecular complexity index is 526. The molecule has 2 N–H and O–H groups in total. The van der Waals surface area contributed by atoms with E-state index in [2.05, 4.69) is 17.1 Å². The molecule has 0 aliphatic rings. The molecule has 0 spiro atoms. The van der Waals surface area contributed by atoms with Gasteiger partial charge < -0.3 is 15.2 Å². The van der Waals surface area contributed by atoms with Gasteiger partial charge in [0.25, 0.3) is 0 Å². The lowest BCUT2D eigenvalue weighted by Crippen LogP contribution is -2.29. The second-order valence-electron chi connectivity index (χ2n) is 5.06. The largest absolute Gasteiger partial charge is 0.484 e. The quantitative estimate of drug-likeness (QED) is 0.850. The van der Waals surface area contributed by atoms with Crippen molar-refractivity contribution in [1.29, 1.82) is 0 Å². The molecule has 0 aliphatic heterocycles. The third kappa shape index (κ3) is 4.55. The van der Waals surface area contributed by atoms with Crippen LogP contribution in [-0.2, 0) is 11.2 Å². The number of methoxy groups -OCH3 is 1. The first-order chi connectivity index (χ1) is 10.2. The summed E-state index contributed by atoms with van der Waals surface area (Å²) in [5.74, 6) is 0.815. The number of aromatic nitrogens is 1. The second-order valence-corrected chi connectivity index (χ2v) is 5.06. The first-order valence-corrected chi connectivity index (χ1v) is 7.10. The van der Waals surface area contributed by atoms with Gasteiger partial charge in [-0.2, -0.15) is 0 Å². The predicted molar refractivity (Wildman–Crippen MR) is 83.3 cm³/mol. The van der Waals surface area contributed by atoms with Crippen molar-refractivity contribution in [1.82, 2.24) is 4.98 Å². The van der Waals surface area contributed by atoms with E-state index >= 15 is 0 Å². The highest BCUT2D eigenvalue weighted by atomic mass is 16.5. The highest BCUT2D eigenvalue weighted by Gasteiger charge is 2.18. The van der Waals surface area contributed by atoms with Crippen LogP contribution in [0.2, 0.25) is 0 Å². The van der Waals surface area contributed by atoms with Gasteiger partial charge in [0.2, 0.25) is 0 Å². The molecule has 4 heteroatoms. The smallest absolute Gasteiger partial charge is 0.139 e. The van der Waals surface area contributed by atoms with Crippen molar-refractivity contribution in [2.45, 2.75) is 25.5 Å². The molecule has 1 aromatic heterocycles. The first-order valence-electron chi connectivity index (χ1n) is 7.10. The van der Waals surface area contributed by atoms with E-state index in [0.29, 0.717) is 0 Å². The summed E-state index contributed by atoms with van der Waals surface area (Å²) in [6.07, 6.45) is 4.22. The number of rotatable bonds is 7. The topological polar surface area (TPSA) is 57.4 Å². The van der Waals surface area contributed by atoms with Crippen molar-refractivity contribution >= 4 is 0 Å². The Kier molecular flexibility index (Phi) is 5.72. The maximum Gasteiger partial charge on any atom is 0.139 e. The van der Waals surface area contributed by atoms with Crippen molar-refractivity contribution in [2.24, 2.45) is 5.73 Å². The van der Waals surface area contributed by atoms with Gasteiger partial charge >= 0.3 is 0 Å². The van der Waals surface area contributed by atoms with Crippen LogP contribution in [0.5, 0.6) is 5.75 Å². The Morgan fingerprint density at radius 1 is 1.10 bits per heavy atom. The normalized spacial score (nSPS) is 13.7. The minimum atomic E-state index is -0.183. The Balaban J connectivity index is 2.07. The summed E-state index contributed by atoms with van der Waals surface area (Å²) >= 11 is 0. The molecule has 0 amide bonds. The van der Waals surface area contributed by atoms with Crippen molar-refractivity contribution in [2.75, 3.05) is 13.7 Å². The van der Waals surface area contributed by atoms with E-state index in [1.807, 2.05) is 31.2 Å². The molecule has 2 aromatic rings. The number of pyridine rings is 1. The summed E-state index contributed by atoms with van der Waals surface area (Å²) in [6, 6.07) is 11.8. The van der Waals surface area contributed by atoms with Crippen LogP contribution in [-0.4, -0.2) is 24.7 Å². The summed E-state index contributed by atoms with van der Waals surface area (Å²) in [4.78, 5) is 4.03. The Morgan fingerprint density at radius 2 is 1.76 bits per heavy atom. The molecule has 112 valence electrons. The molecule has 0 aliphatic carbocycles. The van der Waals surface area contributed by atoms with E-state index < -0.39 is 0 Å². The Labute approximate surface area is 125 Å². The number of benzene rings is 1. The van der Waals surface area contributed by atoms with Crippen molar-refractivity contribution in [3.63, 3.8) is 0 Å². The molecule has 0 fully saturated rings. The summed E-state index contributed by atoms with van der Waals surface area (Å²) in [7, 11) is 1.71. The first kappa shape index (κ1) is 15.5. The van der Waals surface area contributed by atoms with Gasteiger partial charge in [-0.1, -0.05) is 12.1 Å². The van der Waals surface area contributed by atoms with Crippen LogP contribution in [0.25, 0.3) is 0 Å². The van der Waals surface area contributed by atoms with Crippen LogP contribution in [0.15, 0.2) is 48.8 Å². The molecule has 0 saturated heterocycles. The summed E-state index contributed by atoms with van der Waals surface area (Å²) in [5, 5.41) is 0. The third-order valence-electron chi connectivity index (χ3n) is 3.29. The van der Waals surface area contributed by atoms with Gasteiger partial charge in [-0.05, 0) is 48.7 Å². The third-order valence-corrected chi connectivity index (χ3v) is 3.29. The van der Waals surface area contributed by atoms with Crippen LogP contribution >= 0.6 is 0 Å². The van der Waals surface area contributed by atoms with E-state index in [1.54, 1.807) is 19.5 Å². The molecule has 0 bridgehead atoms. The molecule has 21 heavy (non-hydrogen) atoms. The zero-order chi connectivity index (χ0) is 15.1. The molecule has 1 heterocycles. The SMILES string of the molecule is COCCc1ccc(OC(c2ccncc2)C(C)N)cc1. The minimum Gasteiger partial charge on any atom is -0.484 e. The minimum absolute atomic E-state index is 0.111. The highest BCUT2D eigenvalue weighted by Crippen LogP contribution is 2.24. The van der Waals surface area contributed by atoms with Gasteiger partial charge in [0.1, 0.15) is 11.9 Å². The molecule has 0 radical (unpaired) electrons. The van der Waals surface area contributed by atoms with E-state index in [1.165, 1.54) is 5.56 Å². The summed E-state index contributed by atoms with van der Waals surface area (Å²) in [6.45, 7) is 2.66. The number of nitrogens with two attached hydrogens (primary N) is 1. The lowest BCUT2D eigenvalue weighted by Gasteiger charge is -2.23. The van der Waals surface area contributed by atoms with E-state index in [0.717, 1.165) is 24.3 Å². The van der Waals surface area contributed by atoms with E-state index in [-0.39, 0.29) is 12.1 Å². The predicted octanol–water partition coefficient (Wildman–Crippen LogP) is 2.74. The van der Waals surface area contributed by atoms with Crippen molar-refractivity contribution < 1.29 is 9.47 Å². The van der Waals surface area contributed by atoms with Crippen LogP contribution in [0.3, 0.4) is 0 Å². The molecule has 4 nitrogen and oxygen atoms in total. The number of nitrogens with zero attached hydrogens (tertiary/aromatic N) is 1. The zero-order valence-electron chi connectivity index (χ0n) is 12.5. The number of hydrogen-bond donors (Lipinski definition) is 1. The van der Waals surface area contributed by atoms with Crippen molar-refractivity contribution in [3.05, 3.63) is 59.9 Å². The van der Waals surface area contributed by atoms with Gasteiger partial charge in [-0.15, -0.1) is 0 Å². The van der Waals surface area contributed by atoms with Gasteiger partial charge in [-0.25, -0.2) is 0 Å². The van der Waals surface area contributed by atoms with Crippen LogP contribution in [0, 0.1) is 0 Å². The Hall–Kier alpha value is -1.91. The van der Waals surface area contributed by atoms with Gasteiger partial charge in [0.15, 0.2) is 0 Å². The number of ether oxygens (including phenoxy) is 2.